The van der Waals surface area contributed by atoms with Gasteiger partial charge in [-0.15, -0.1) is 0 Å². The summed E-state index contributed by atoms with van der Waals surface area (Å²) in [5, 5.41) is 2.34. The molecule has 82 valence electrons. The number of hydrogen-bond donors (Lipinski definition) is 1. The van der Waals surface area contributed by atoms with E-state index in [0.29, 0.717) is 0 Å². The lowest BCUT2D eigenvalue weighted by Crippen LogP contribution is -2.28. The van der Waals surface area contributed by atoms with Crippen molar-refractivity contribution in [3.8, 4) is 0 Å². The fraction of sp³-hybridized carbons (Fsp3) is 0.364. The molecule has 1 amide bonds. The minimum atomic E-state index is -1.03. The molecule has 15 heavy (non-hydrogen) atoms. The number of nitrogens with one attached hydrogen (secondary N) is 1. The van der Waals surface area contributed by atoms with Crippen molar-refractivity contribution in [3.63, 3.8) is 0 Å². The third-order valence-electron chi connectivity index (χ3n) is 1.88. The Bertz CT molecular complexity index is 383. The van der Waals surface area contributed by atoms with Gasteiger partial charge in [-0.25, -0.2) is 8.78 Å². The van der Waals surface area contributed by atoms with Crippen LogP contribution in [0.1, 0.15) is 20.8 Å². The highest BCUT2D eigenvalue weighted by molar-refractivity contribution is 5.94. The van der Waals surface area contributed by atoms with Crippen molar-refractivity contribution in [1.29, 1.82) is 0 Å². The number of anilines is 1. The van der Waals surface area contributed by atoms with Crippen LogP contribution in [-0.2, 0) is 4.79 Å². The molecule has 0 spiro atoms. The number of carbonyl (C=O) groups is 1. The molecule has 2 nitrogen and oxygen atoms in total. The molecule has 1 aromatic rings. The van der Waals surface area contributed by atoms with Gasteiger partial charge in [0.25, 0.3) is 0 Å². The normalized spacial score (nSPS) is 11.3. The molecule has 0 aliphatic carbocycles. The molecule has 1 aromatic carbocycles. The van der Waals surface area contributed by atoms with Crippen molar-refractivity contribution in [3.05, 3.63) is 29.8 Å². The van der Waals surface area contributed by atoms with E-state index >= 15 is 0 Å². The Hall–Kier alpha value is -1.45. The Labute approximate surface area is 87.3 Å². The molecule has 0 aliphatic heterocycles. The van der Waals surface area contributed by atoms with Crippen LogP contribution in [0.5, 0.6) is 0 Å². The second-order valence-corrected chi connectivity index (χ2v) is 4.31. The highest BCUT2D eigenvalue weighted by Crippen LogP contribution is 2.20. The fourth-order valence-electron chi connectivity index (χ4n) is 0.910. The quantitative estimate of drug-likeness (QED) is 0.763. The molecule has 0 aromatic heterocycles. The predicted octanol–water partition coefficient (Wildman–Crippen LogP) is 2.95. The van der Waals surface area contributed by atoms with Gasteiger partial charge in [-0.2, -0.15) is 0 Å². The lowest BCUT2D eigenvalue weighted by atomic mass is 9.95. The van der Waals surface area contributed by atoms with Gasteiger partial charge in [-0.1, -0.05) is 26.8 Å². The minimum absolute atomic E-state index is 0.130. The molecule has 0 saturated heterocycles. The second kappa shape index (κ2) is 3.96. The molecule has 0 heterocycles. The molecule has 1 rings (SSSR count). The summed E-state index contributed by atoms with van der Waals surface area (Å²) >= 11 is 0. The number of rotatable bonds is 1. The Morgan fingerprint density at radius 2 is 1.87 bits per heavy atom. The van der Waals surface area contributed by atoms with Crippen molar-refractivity contribution in [2.45, 2.75) is 20.8 Å². The SMILES string of the molecule is CC(C)(C)C(=O)Nc1cccc(F)c1F. The standard InChI is InChI=1S/C11H13F2NO/c1-11(2,3)10(15)14-8-6-4-5-7(12)9(8)13/h4-6H,1-3H3,(H,14,15). The average molecular weight is 213 g/mol. The largest absolute Gasteiger partial charge is 0.323 e. The number of amides is 1. The van der Waals surface area contributed by atoms with E-state index in [-0.39, 0.29) is 11.6 Å². The number of halogens is 2. The van der Waals surface area contributed by atoms with Gasteiger partial charge in [-0.05, 0) is 12.1 Å². The van der Waals surface area contributed by atoms with Crippen LogP contribution < -0.4 is 5.32 Å². The molecule has 0 fully saturated rings. The third kappa shape index (κ3) is 2.75. The van der Waals surface area contributed by atoms with Gasteiger partial charge < -0.3 is 5.32 Å². The maximum Gasteiger partial charge on any atom is 0.229 e. The van der Waals surface area contributed by atoms with E-state index in [1.807, 2.05) is 0 Å². The van der Waals surface area contributed by atoms with Crippen LogP contribution in [0.25, 0.3) is 0 Å². The first kappa shape index (κ1) is 11.6. The number of benzene rings is 1. The third-order valence-corrected chi connectivity index (χ3v) is 1.88. The van der Waals surface area contributed by atoms with Gasteiger partial charge in [0.1, 0.15) is 0 Å². The fourth-order valence-corrected chi connectivity index (χ4v) is 0.910. The first-order valence-corrected chi connectivity index (χ1v) is 4.58. The zero-order valence-corrected chi connectivity index (χ0v) is 8.90. The topological polar surface area (TPSA) is 29.1 Å². The van der Waals surface area contributed by atoms with Crippen molar-refractivity contribution in [2.24, 2.45) is 5.41 Å². The predicted molar refractivity (Wildman–Crippen MR) is 54.4 cm³/mol. The highest BCUT2D eigenvalue weighted by atomic mass is 19.2. The summed E-state index contributed by atoms with van der Waals surface area (Å²) in [5.74, 6) is -2.36. The van der Waals surface area contributed by atoms with Crippen molar-refractivity contribution >= 4 is 11.6 Å². The smallest absolute Gasteiger partial charge is 0.229 e. The van der Waals surface area contributed by atoms with E-state index in [1.54, 1.807) is 20.8 Å². The monoisotopic (exact) mass is 213 g/mol. The van der Waals surface area contributed by atoms with Crippen LogP contribution in [0.4, 0.5) is 14.5 Å². The summed E-state index contributed by atoms with van der Waals surface area (Å²) < 4.78 is 26.0. The molecule has 0 unspecified atom stereocenters. The van der Waals surface area contributed by atoms with Gasteiger partial charge in [0.2, 0.25) is 5.91 Å². The highest BCUT2D eigenvalue weighted by Gasteiger charge is 2.22. The molecular formula is C11H13F2NO. The summed E-state index contributed by atoms with van der Waals surface area (Å²) in [6, 6.07) is 3.67. The van der Waals surface area contributed by atoms with Gasteiger partial charge in [-0.3, -0.25) is 4.79 Å². The molecule has 0 bridgehead atoms. The van der Waals surface area contributed by atoms with E-state index in [9.17, 15) is 13.6 Å². The van der Waals surface area contributed by atoms with Gasteiger partial charge in [0.15, 0.2) is 11.6 Å². The van der Waals surface area contributed by atoms with Crippen molar-refractivity contribution in [1.82, 2.24) is 0 Å². The van der Waals surface area contributed by atoms with Gasteiger partial charge >= 0.3 is 0 Å². The Morgan fingerprint density at radius 3 is 2.40 bits per heavy atom. The van der Waals surface area contributed by atoms with Crippen LogP contribution in [0.3, 0.4) is 0 Å². The van der Waals surface area contributed by atoms with Crippen molar-refractivity contribution in [2.75, 3.05) is 5.32 Å². The first-order chi connectivity index (χ1) is 6.82. The van der Waals surface area contributed by atoms with Crippen LogP contribution >= 0.6 is 0 Å². The number of hydrogen-bond acceptors (Lipinski definition) is 1. The number of carbonyl (C=O) groups excluding carboxylic acids is 1. The molecule has 4 heteroatoms. The summed E-state index contributed by atoms with van der Waals surface area (Å²) in [4.78, 5) is 11.5. The molecule has 0 atom stereocenters. The summed E-state index contributed by atoms with van der Waals surface area (Å²) in [6.07, 6.45) is 0. The zero-order chi connectivity index (χ0) is 11.6. The maximum atomic E-state index is 13.2. The van der Waals surface area contributed by atoms with Crippen LogP contribution in [0, 0.1) is 17.0 Å². The molecule has 0 aliphatic rings. The summed E-state index contributed by atoms with van der Waals surface area (Å²) in [5.41, 5.74) is -0.770. The Balaban J connectivity index is 2.91. The summed E-state index contributed by atoms with van der Waals surface area (Å²) in [7, 11) is 0. The average Bonchev–Trinajstić information content (AvgIpc) is 2.11. The van der Waals surface area contributed by atoms with Crippen LogP contribution in [-0.4, -0.2) is 5.91 Å². The first-order valence-electron chi connectivity index (χ1n) is 4.58. The zero-order valence-electron chi connectivity index (χ0n) is 8.90. The summed E-state index contributed by atoms with van der Waals surface area (Å²) in [6.45, 7) is 5.08. The molecule has 0 radical (unpaired) electrons. The van der Waals surface area contributed by atoms with Gasteiger partial charge in [0.05, 0.1) is 5.69 Å². The lowest BCUT2D eigenvalue weighted by molar-refractivity contribution is -0.123. The maximum absolute atomic E-state index is 13.2. The molecular weight excluding hydrogens is 200 g/mol. The van der Waals surface area contributed by atoms with E-state index in [4.69, 9.17) is 0 Å². The lowest BCUT2D eigenvalue weighted by Gasteiger charge is -2.17. The molecule has 0 saturated carbocycles. The second-order valence-electron chi connectivity index (χ2n) is 4.31. The van der Waals surface area contributed by atoms with Crippen molar-refractivity contribution < 1.29 is 13.6 Å². The van der Waals surface area contributed by atoms with Crippen LogP contribution in [0.15, 0.2) is 18.2 Å². The van der Waals surface area contributed by atoms with E-state index < -0.39 is 17.0 Å². The van der Waals surface area contributed by atoms with Crippen LogP contribution in [0.2, 0.25) is 0 Å². The Morgan fingerprint density at radius 1 is 1.27 bits per heavy atom. The van der Waals surface area contributed by atoms with E-state index in [0.717, 1.165) is 6.07 Å². The van der Waals surface area contributed by atoms with Gasteiger partial charge in [0, 0.05) is 5.41 Å². The minimum Gasteiger partial charge on any atom is -0.323 e. The molecule has 1 N–H and O–H groups in total. The Kier molecular flexibility index (Phi) is 3.07. The van der Waals surface area contributed by atoms with E-state index in [2.05, 4.69) is 5.32 Å². The van der Waals surface area contributed by atoms with E-state index in [1.165, 1.54) is 12.1 Å².